The number of aliphatic hydroxyl groups excluding tert-OH is 1. The van der Waals surface area contributed by atoms with Crippen molar-refractivity contribution in [2.24, 2.45) is 5.92 Å². The molecule has 1 aliphatic heterocycles. The van der Waals surface area contributed by atoms with Gasteiger partial charge in [-0.05, 0) is 76.2 Å². The summed E-state index contributed by atoms with van der Waals surface area (Å²) < 4.78 is 0. The van der Waals surface area contributed by atoms with E-state index < -0.39 is 0 Å². The van der Waals surface area contributed by atoms with Crippen molar-refractivity contribution in [3.8, 4) is 0 Å². The number of aliphatic hydroxyl groups is 1. The van der Waals surface area contributed by atoms with Gasteiger partial charge in [0.1, 0.15) is 0 Å². The maximum absolute atomic E-state index is 8.98. The zero-order valence-corrected chi connectivity index (χ0v) is 16.3. The summed E-state index contributed by atoms with van der Waals surface area (Å²) in [6.45, 7) is 8.14. The summed E-state index contributed by atoms with van der Waals surface area (Å²) in [4.78, 5) is 2.58. The third kappa shape index (κ3) is 4.96. The van der Waals surface area contributed by atoms with Crippen LogP contribution in [0.4, 0.5) is 0 Å². The van der Waals surface area contributed by atoms with E-state index in [9.17, 15) is 0 Å². The molecule has 1 N–H and O–H groups in total. The van der Waals surface area contributed by atoms with Crippen LogP contribution in [-0.2, 0) is 0 Å². The fourth-order valence-electron chi connectivity index (χ4n) is 4.24. The van der Waals surface area contributed by atoms with Gasteiger partial charge in [0.2, 0.25) is 0 Å². The fourth-order valence-corrected chi connectivity index (χ4v) is 4.24. The average Bonchev–Trinajstić information content (AvgIpc) is 2.66. The number of unbranched alkanes of at least 4 members (excludes halogenated alkanes) is 1. The number of nitrogens with zero attached hydrogens (tertiary/aromatic N) is 1. The van der Waals surface area contributed by atoms with Crippen LogP contribution in [0.3, 0.4) is 0 Å². The quantitative estimate of drug-likeness (QED) is 0.716. The van der Waals surface area contributed by atoms with Crippen molar-refractivity contribution in [2.45, 2.75) is 45.4 Å². The molecule has 0 atom stereocenters. The van der Waals surface area contributed by atoms with Gasteiger partial charge in [0, 0.05) is 12.5 Å². The van der Waals surface area contributed by atoms with Crippen LogP contribution >= 0.6 is 0 Å². The first kappa shape index (κ1) is 19.1. The van der Waals surface area contributed by atoms with E-state index in [4.69, 9.17) is 5.11 Å². The van der Waals surface area contributed by atoms with Gasteiger partial charge in [-0.1, -0.05) is 59.7 Å². The van der Waals surface area contributed by atoms with Crippen LogP contribution in [0.25, 0.3) is 0 Å². The zero-order valence-electron chi connectivity index (χ0n) is 16.3. The first-order valence-corrected chi connectivity index (χ1v) is 10.1. The number of aryl methyl sites for hydroxylation is 2. The Balaban J connectivity index is 1.74. The molecule has 3 rings (SSSR count). The lowest BCUT2D eigenvalue weighted by molar-refractivity contribution is 0.168. The predicted molar refractivity (Wildman–Crippen MR) is 110 cm³/mol. The van der Waals surface area contributed by atoms with Gasteiger partial charge in [0.05, 0.1) is 0 Å². The Morgan fingerprint density at radius 2 is 1.35 bits per heavy atom. The minimum absolute atomic E-state index is 0.319. The molecule has 0 saturated carbocycles. The van der Waals surface area contributed by atoms with Crippen molar-refractivity contribution >= 4 is 0 Å². The molecule has 1 fully saturated rings. The van der Waals surface area contributed by atoms with Crippen LogP contribution < -0.4 is 0 Å². The fraction of sp³-hybridized carbons (Fsp3) is 0.500. The Hall–Kier alpha value is -1.64. The van der Waals surface area contributed by atoms with Crippen molar-refractivity contribution < 1.29 is 5.11 Å². The molecular weight excluding hydrogens is 318 g/mol. The maximum Gasteiger partial charge on any atom is 0.0431 e. The van der Waals surface area contributed by atoms with Gasteiger partial charge >= 0.3 is 0 Å². The predicted octanol–water partition coefficient (Wildman–Crippen LogP) is 4.92. The molecule has 2 aromatic rings. The molecule has 1 aliphatic rings. The molecule has 140 valence electrons. The molecule has 1 heterocycles. The van der Waals surface area contributed by atoms with Gasteiger partial charge in [-0.15, -0.1) is 0 Å². The topological polar surface area (TPSA) is 23.5 Å². The van der Waals surface area contributed by atoms with Gasteiger partial charge in [-0.3, -0.25) is 0 Å². The lowest BCUT2D eigenvalue weighted by atomic mass is 9.76. The number of likely N-dealkylation sites (tertiary alicyclic amines) is 1. The van der Waals surface area contributed by atoms with Crippen molar-refractivity contribution in [3.63, 3.8) is 0 Å². The SMILES string of the molecule is Cc1ccc(C(c2ccc(C)cc2)C2CCN(CCCCO)CC2)cc1. The highest BCUT2D eigenvalue weighted by atomic mass is 16.2. The lowest BCUT2D eigenvalue weighted by Gasteiger charge is -2.36. The molecule has 0 bridgehead atoms. The summed E-state index contributed by atoms with van der Waals surface area (Å²) in [5.74, 6) is 1.20. The van der Waals surface area contributed by atoms with Crippen molar-refractivity contribution in [1.29, 1.82) is 0 Å². The zero-order chi connectivity index (χ0) is 18.4. The second-order valence-corrected chi connectivity index (χ2v) is 7.91. The summed E-state index contributed by atoms with van der Waals surface area (Å²) in [5.41, 5.74) is 5.57. The second-order valence-electron chi connectivity index (χ2n) is 7.91. The van der Waals surface area contributed by atoms with E-state index in [0.717, 1.165) is 19.4 Å². The Kier molecular flexibility index (Phi) is 6.87. The van der Waals surface area contributed by atoms with E-state index in [0.29, 0.717) is 18.4 Å². The van der Waals surface area contributed by atoms with E-state index in [1.807, 2.05) is 0 Å². The summed E-state index contributed by atoms with van der Waals surface area (Å²) >= 11 is 0. The molecule has 2 aromatic carbocycles. The van der Waals surface area contributed by atoms with E-state index in [1.54, 1.807) is 0 Å². The van der Waals surface area contributed by atoms with Crippen LogP contribution in [0.15, 0.2) is 48.5 Å². The maximum atomic E-state index is 8.98. The Morgan fingerprint density at radius 3 is 1.81 bits per heavy atom. The van der Waals surface area contributed by atoms with Crippen LogP contribution in [0, 0.1) is 19.8 Å². The standard InChI is InChI=1S/C24H33NO/c1-19-5-9-21(10-6-19)24(22-11-7-20(2)8-12-22)23-13-16-25(17-14-23)15-3-4-18-26/h5-12,23-24,26H,3-4,13-18H2,1-2H3. The van der Waals surface area contributed by atoms with E-state index >= 15 is 0 Å². The molecular formula is C24H33NO. The molecule has 0 amide bonds. The molecule has 0 spiro atoms. The van der Waals surface area contributed by atoms with Crippen LogP contribution in [0.2, 0.25) is 0 Å². The molecule has 0 aliphatic carbocycles. The van der Waals surface area contributed by atoms with Crippen molar-refractivity contribution in [3.05, 3.63) is 70.8 Å². The molecule has 0 unspecified atom stereocenters. The highest BCUT2D eigenvalue weighted by molar-refractivity contribution is 5.36. The summed E-state index contributed by atoms with van der Waals surface area (Å²) in [7, 11) is 0. The lowest BCUT2D eigenvalue weighted by Crippen LogP contribution is -2.36. The summed E-state index contributed by atoms with van der Waals surface area (Å²) in [6.07, 6.45) is 4.55. The first-order valence-electron chi connectivity index (χ1n) is 10.1. The van der Waals surface area contributed by atoms with Crippen LogP contribution in [0.1, 0.15) is 53.9 Å². The Morgan fingerprint density at radius 1 is 0.846 bits per heavy atom. The highest BCUT2D eigenvalue weighted by Gasteiger charge is 2.28. The van der Waals surface area contributed by atoms with Gasteiger partial charge in [-0.25, -0.2) is 0 Å². The van der Waals surface area contributed by atoms with Gasteiger partial charge in [0.15, 0.2) is 0 Å². The third-order valence-corrected chi connectivity index (χ3v) is 5.86. The van der Waals surface area contributed by atoms with E-state index in [2.05, 4.69) is 67.3 Å². The van der Waals surface area contributed by atoms with Crippen LogP contribution in [0.5, 0.6) is 0 Å². The molecule has 2 nitrogen and oxygen atoms in total. The van der Waals surface area contributed by atoms with Crippen molar-refractivity contribution in [1.82, 2.24) is 4.90 Å². The minimum atomic E-state index is 0.319. The molecule has 26 heavy (non-hydrogen) atoms. The normalized spacial score (nSPS) is 16.3. The van der Waals surface area contributed by atoms with Gasteiger partial charge in [0.25, 0.3) is 0 Å². The first-order chi connectivity index (χ1) is 12.7. The number of hydrogen-bond acceptors (Lipinski definition) is 2. The number of hydrogen-bond donors (Lipinski definition) is 1. The molecule has 1 saturated heterocycles. The largest absolute Gasteiger partial charge is 0.396 e. The van der Waals surface area contributed by atoms with Gasteiger partial charge in [-0.2, -0.15) is 0 Å². The third-order valence-electron chi connectivity index (χ3n) is 5.86. The van der Waals surface area contributed by atoms with Gasteiger partial charge < -0.3 is 10.0 Å². The minimum Gasteiger partial charge on any atom is -0.396 e. The molecule has 0 radical (unpaired) electrons. The second kappa shape index (κ2) is 9.34. The number of benzene rings is 2. The number of piperidine rings is 1. The van der Waals surface area contributed by atoms with Crippen molar-refractivity contribution in [2.75, 3.05) is 26.2 Å². The number of rotatable bonds is 7. The Labute approximate surface area is 158 Å². The molecule has 2 heteroatoms. The van der Waals surface area contributed by atoms with Crippen LogP contribution in [-0.4, -0.2) is 36.2 Å². The van der Waals surface area contributed by atoms with E-state index in [-0.39, 0.29) is 0 Å². The molecule has 0 aromatic heterocycles. The monoisotopic (exact) mass is 351 g/mol. The average molecular weight is 352 g/mol. The summed E-state index contributed by atoms with van der Waals surface area (Å²) in [5, 5.41) is 8.98. The summed E-state index contributed by atoms with van der Waals surface area (Å²) in [6, 6.07) is 18.3. The highest BCUT2D eigenvalue weighted by Crippen LogP contribution is 2.38. The Bertz CT molecular complexity index is 608. The smallest absolute Gasteiger partial charge is 0.0431 e. The van der Waals surface area contributed by atoms with E-state index in [1.165, 1.54) is 48.2 Å².